The minimum absolute atomic E-state index is 0.0593. The van der Waals surface area contributed by atoms with E-state index in [-0.39, 0.29) is 30.4 Å². The number of Topliss-reactive ketones (excluding diaryl/α,β-unsaturated/α-hetero) is 1. The van der Waals surface area contributed by atoms with E-state index in [1.165, 1.54) is 11.3 Å². The van der Waals surface area contributed by atoms with Gasteiger partial charge in [-0.1, -0.05) is 17.7 Å². The van der Waals surface area contributed by atoms with E-state index in [9.17, 15) is 14.4 Å². The fourth-order valence-corrected chi connectivity index (χ4v) is 4.65. The second kappa shape index (κ2) is 8.48. The number of halogens is 1. The minimum Gasteiger partial charge on any atom is -0.314 e. The number of anilines is 2. The molecular formula is C24H22ClN3O3S. The lowest BCUT2D eigenvalue weighted by Gasteiger charge is -2.16. The van der Waals surface area contributed by atoms with Gasteiger partial charge in [0.2, 0.25) is 11.8 Å². The third-order valence-corrected chi connectivity index (χ3v) is 6.67. The molecular weight excluding hydrogens is 446 g/mol. The first-order valence-corrected chi connectivity index (χ1v) is 11.4. The summed E-state index contributed by atoms with van der Waals surface area (Å²) in [6.45, 7) is 3.83. The van der Waals surface area contributed by atoms with Crippen molar-refractivity contribution in [3.8, 4) is 11.3 Å². The van der Waals surface area contributed by atoms with Crippen LogP contribution in [0.4, 0.5) is 10.8 Å². The van der Waals surface area contributed by atoms with Crippen molar-refractivity contribution in [2.45, 2.75) is 32.1 Å². The SMILES string of the molecule is CN1C(=O)C(C)(C)c2cc(-c3csc(NC(=O)CCC(=O)c4ccc(Cl)cc4)n3)ccc21. The quantitative estimate of drug-likeness (QED) is 0.497. The predicted molar refractivity (Wildman–Crippen MR) is 128 cm³/mol. The van der Waals surface area contributed by atoms with E-state index in [4.69, 9.17) is 11.6 Å². The molecule has 1 aliphatic rings. The van der Waals surface area contributed by atoms with E-state index in [0.717, 1.165) is 22.5 Å². The number of carbonyl (C=O) groups excluding carboxylic acids is 3. The maximum absolute atomic E-state index is 12.5. The lowest BCUT2D eigenvalue weighted by Crippen LogP contribution is -2.33. The van der Waals surface area contributed by atoms with E-state index < -0.39 is 5.41 Å². The Balaban J connectivity index is 1.41. The van der Waals surface area contributed by atoms with E-state index in [1.54, 1.807) is 36.2 Å². The van der Waals surface area contributed by atoms with Gasteiger partial charge in [0.05, 0.1) is 11.1 Å². The number of rotatable bonds is 6. The van der Waals surface area contributed by atoms with Gasteiger partial charge < -0.3 is 10.2 Å². The van der Waals surface area contributed by atoms with E-state index in [0.29, 0.717) is 15.7 Å². The van der Waals surface area contributed by atoms with Crippen LogP contribution in [0.15, 0.2) is 47.8 Å². The number of hydrogen-bond acceptors (Lipinski definition) is 5. The Morgan fingerprint density at radius 1 is 1.12 bits per heavy atom. The fourth-order valence-electron chi connectivity index (χ4n) is 3.79. The third kappa shape index (κ3) is 4.18. The number of carbonyl (C=O) groups is 3. The van der Waals surface area contributed by atoms with E-state index in [1.807, 2.05) is 37.4 Å². The Kier molecular flexibility index (Phi) is 5.88. The molecule has 8 heteroatoms. The topological polar surface area (TPSA) is 79.4 Å². The van der Waals surface area contributed by atoms with Gasteiger partial charge in [0, 0.05) is 47.1 Å². The largest absolute Gasteiger partial charge is 0.314 e. The van der Waals surface area contributed by atoms with Crippen LogP contribution in [-0.2, 0) is 15.0 Å². The molecule has 2 amide bonds. The molecule has 0 atom stereocenters. The van der Waals surface area contributed by atoms with E-state index >= 15 is 0 Å². The van der Waals surface area contributed by atoms with Crippen LogP contribution < -0.4 is 10.2 Å². The molecule has 164 valence electrons. The van der Waals surface area contributed by atoms with Crippen molar-refractivity contribution < 1.29 is 14.4 Å². The average Bonchev–Trinajstić information content (AvgIpc) is 3.30. The van der Waals surface area contributed by atoms with Crippen molar-refractivity contribution in [3.05, 3.63) is 64.0 Å². The Morgan fingerprint density at radius 2 is 1.84 bits per heavy atom. The normalized spacial score (nSPS) is 14.4. The zero-order valence-corrected chi connectivity index (χ0v) is 19.5. The first-order chi connectivity index (χ1) is 15.2. The molecule has 1 aliphatic heterocycles. The zero-order valence-electron chi connectivity index (χ0n) is 17.9. The molecule has 3 aromatic rings. The number of aromatic nitrogens is 1. The van der Waals surface area contributed by atoms with Crippen LogP contribution in [0.1, 0.15) is 42.6 Å². The maximum Gasteiger partial charge on any atom is 0.236 e. The summed E-state index contributed by atoms with van der Waals surface area (Å²) >= 11 is 7.16. The summed E-state index contributed by atoms with van der Waals surface area (Å²) in [4.78, 5) is 43.2. The predicted octanol–water partition coefficient (Wildman–Crippen LogP) is 5.32. The maximum atomic E-state index is 12.5. The highest BCUT2D eigenvalue weighted by atomic mass is 35.5. The summed E-state index contributed by atoms with van der Waals surface area (Å²) in [7, 11) is 1.78. The molecule has 0 saturated carbocycles. The van der Waals surface area contributed by atoms with Crippen LogP contribution >= 0.6 is 22.9 Å². The van der Waals surface area contributed by atoms with Gasteiger partial charge in [-0.05, 0) is 55.8 Å². The first-order valence-electron chi connectivity index (χ1n) is 10.1. The number of fused-ring (bicyclic) bond motifs is 1. The monoisotopic (exact) mass is 467 g/mol. The molecule has 4 rings (SSSR count). The van der Waals surface area contributed by atoms with Crippen molar-refractivity contribution in [1.29, 1.82) is 0 Å². The fraction of sp³-hybridized carbons (Fsp3) is 0.250. The Bertz CT molecular complexity index is 1220. The van der Waals surface area contributed by atoms with Crippen molar-refractivity contribution in [2.75, 3.05) is 17.3 Å². The Hall–Kier alpha value is -3.03. The summed E-state index contributed by atoms with van der Waals surface area (Å²) in [6.07, 6.45) is 0.172. The van der Waals surface area contributed by atoms with Crippen LogP contribution in [0.3, 0.4) is 0 Å². The summed E-state index contributed by atoms with van der Waals surface area (Å²) in [6, 6.07) is 12.5. The number of ketones is 1. The number of nitrogens with zero attached hydrogens (tertiary/aromatic N) is 2. The van der Waals surface area contributed by atoms with Gasteiger partial charge in [-0.25, -0.2) is 4.98 Å². The summed E-state index contributed by atoms with van der Waals surface area (Å²) in [5.41, 5.74) is 3.41. The number of likely N-dealkylation sites (N-methyl/N-ethyl adjacent to an activating group) is 1. The Labute approximate surface area is 195 Å². The second-order valence-electron chi connectivity index (χ2n) is 8.24. The third-order valence-electron chi connectivity index (χ3n) is 5.66. The standard InChI is InChI=1S/C24H22ClN3O3S/c1-24(2)17-12-15(6-9-19(17)28(3)22(24)31)18-13-32-23(26-18)27-21(30)11-10-20(29)14-4-7-16(25)8-5-14/h4-9,12-13H,10-11H2,1-3H3,(H,26,27,30). The van der Waals surface area contributed by atoms with Crippen LogP contribution in [0.5, 0.6) is 0 Å². The first kappa shape index (κ1) is 22.2. The van der Waals surface area contributed by atoms with Crippen LogP contribution in [0.25, 0.3) is 11.3 Å². The Morgan fingerprint density at radius 3 is 2.56 bits per heavy atom. The highest BCUT2D eigenvalue weighted by Crippen LogP contribution is 2.42. The highest BCUT2D eigenvalue weighted by Gasteiger charge is 2.42. The van der Waals surface area contributed by atoms with Crippen LogP contribution in [0, 0.1) is 0 Å². The van der Waals surface area contributed by atoms with Crippen molar-refractivity contribution >= 4 is 51.4 Å². The number of hydrogen-bond donors (Lipinski definition) is 1. The molecule has 0 bridgehead atoms. The molecule has 0 spiro atoms. The molecule has 6 nitrogen and oxygen atoms in total. The van der Waals surface area contributed by atoms with Gasteiger partial charge in [-0.2, -0.15) is 0 Å². The number of nitrogens with one attached hydrogen (secondary N) is 1. The van der Waals surface area contributed by atoms with Gasteiger partial charge in [0.1, 0.15) is 0 Å². The summed E-state index contributed by atoms with van der Waals surface area (Å²) in [5.74, 6) is -0.323. The van der Waals surface area contributed by atoms with Gasteiger partial charge in [-0.3, -0.25) is 14.4 Å². The summed E-state index contributed by atoms with van der Waals surface area (Å²) < 4.78 is 0. The molecule has 0 radical (unpaired) electrons. The average molecular weight is 468 g/mol. The molecule has 32 heavy (non-hydrogen) atoms. The highest BCUT2D eigenvalue weighted by molar-refractivity contribution is 7.14. The molecule has 2 aromatic carbocycles. The number of amides is 2. The second-order valence-corrected chi connectivity index (χ2v) is 9.53. The van der Waals surface area contributed by atoms with Crippen molar-refractivity contribution in [1.82, 2.24) is 4.98 Å². The molecule has 0 fully saturated rings. The molecule has 0 unspecified atom stereocenters. The molecule has 1 N–H and O–H groups in total. The smallest absolute Gasteiger partial charge is 0.236 e. The lowest BCUT2D eigenvalue weighted by atomic mass is 9.85. The van der Waals surface area contributed by atoms with Crippen LogP contribution in [-0.4, -0.2) is 29.6 Å². The molecule has 2 heterocycles. The summed E-state index contributed by atoms with van der Waals surface area (Å²) in [5, 5.41) is 5.66. The molecule has 0 aliphatic carbocycles. The van der Waals surface area contributed by atoms with E-state index in [2.05, 4.69) is 10.3 Å². The van der Waals surface area contributed by atoms with Gasteiger partial charge in [0.25, 0.3) is 0 Å². The molecule has 1 aromatic heterocycles. The van der Waals surface area contributed by atoms with Gasteiger partial charge >= 0.3 is 0 Å². The number of benzene rings is 2. The van der Waals surface area contributed by atoms with Gasteiger partial charge in [0.15, 0.2) is 10.9 Å². The zero-order chi connectivity index (χ0) is 23.0. The lowest BCUT2D eigenvalue weighted by molar-refractivity contribution is -0.121. The number of thiazole rings is 1. The van der Waals surface area contributed by atoms with Gasteiger partial charge in [-0.15, -0.1) is 11.3 Å². The minimum atomic E-state index is -0.593. The van der Waals surface area contributed by atoms with Crippen molar-refractivity contribution in [3.63, 3.8) is 0 Å². The molecule has 0 saturated heterocycles. The van der Waals surface area contributed by atoms with Crippen LogP contribution in [0.2, 0.25) is 5.02 Å². The van der Waals surface area contributed by atoms with Crippen molar-refractivity contribution in [2.24, 2.45) is 0 Å².